The van der Waals surface area contributed by atoms with Gasteiger partial charge in [-0.15, -0.1) is 5.10 Å². The number of aryl methyl sites for hydroxylation is 1. The van der Waals surface area contributed by atoms with Crippen molar-refractivity contribution in [1.82, 2.24) is 25.2 Å². The number of nitrogens with one attached hydrogen (secondary N) is 1. The zero-order valence-corrected chi connectivity index (χ0v) is 12.3. The number of aromatic nitrogens is 5. The summed E-state index contributed by atoms with van der Waals surface area (Å²) in [5.41, 5.74) is 1.24. The largest absolute Gasteiger partial charge is 0.307 e. The maximum atomic E-state index is 12.3. The number of halogens is 1. The average Bonchev–Trinajstić information content (AvgIpc) is 2.96. The number of hydrogen-bond acceptors (Lipinski definition) is 5. The first kappa shape index (κ1) is 14.2. The first-order valence-corrected chi connectivity index (χ1v) is 6.77. The normalized spacial score (nSPS) is 10.5. The number of pyridine rings is 1. The van der Waals surface area contributed by atoms with E-state index in [4.69, 9.17) is 11.6 Å². The Morgan fingerprint density at radius 1 is 1.27 bits per heavy atom. The van der Waals surface area contributed by atoms with Gasteiger partial charge in [0.1, 0.15) is 5.82 Å². The van der Waals surface area contributed by atoms with Crippen molar-refractivity contribution in [3.8, 4) is 11.4 Å². The van der Waals surface area contributed by atoms with Gasteiger partial charge < -0.3 is 5.32 Å². The van der Waals surface area contributed by atoms with Gasteiger partial charge in [0.15, 0.2) is 5.82 Å². The average molecular weight is 315 g/mol. The number of carbonyl (C=O) groups is 1. The van der Waals surface area contributed by atoms with Gasteiger partial charge in [-0.05, 0) is 34.7 Å². The topological polar surface area (TPSA) is 85.6 Å². The van der Waals surface area contributed by atoms with Crippen LogP contribution in [0.1, 0.15) is 10.4 Å². The van der Waals surface area contributed by atoms with Crippen molar-refractivity contribution in [2.75, 3.05) is 5.32 Å². The van der Waals surface area contributed by atoms with Gasteiger partial charge >= 0.3 is 0 Å². The molecule has 0 aliphatic rings. The van der Waals surface area contributed by atoms with E-state index in [0.717, 1.165) is 5.56 Å². The molecule has 0 saturated heterocycles. The summed E-state index contributed by atoms with van der Waals surface area (Å²) in [5, 5.41) is 14.5. The summed E-state index contributed by atoms with van der Waals surface area (Å²) in [6.45, 7) is 0. The number of hydrogen-bond donors (Lipinski definition) is 1. The minimum absolute atomic E-state index is 0.271. The molecule has 0 aliphatic carbocycles. The molecule has 0 fully saturated rings. The van der Waals surface area contributed by atoms with Crippen LogP contribution in [0.25, 0.3) is 11.4 Å². The summed E-state index contributed by atoms with van der Waals surface area (Å²) in [4.78, 5) is 16.3. The number of rotatable bonds is 3. The number of carbonyl (C=O) groups excluding carboxylic acids is 1. The van der Waals surface area contributed by atoms with Crippen LogP contribution in [0.15, 0.2) is 42.6 Å². The molecule has 3 aromatic rings. The maximum absolute atomic E-state index is 12.3. The van der Waals surface area contributed by atoms with E-state index in [1.807, 2.05) is 6.07 Å². The molecule has 22 heavy (non-hydrogen) atoms. The standard InChI is InChI=1S/C14H11ClN6O/c1-21-13(18-19-20-21)9-3-2-4-10(7-9)14(22)17-12-6-5-11(15)8-16-12/h2-8H,1H3,(H,16,17,22). The SMILES string of the molecule is Cn1nnnc1-c1cccc(C(=O)Nc2ccc(Cl)cn2)c1. The van der Waals surface area contributed by atoms with E-state index >= 15 is 0 Å². The fourth-order valence-electron chi connectivity index (χ4n) is 1.91. The highest BCUT2D eigenvalue weighted by Gasteiger charge is 2.11. The highest BCUT2D eigenvalue weighted by molar-refractivity contribution is 6.30. The van der Waals surface area contributed by atoms with E-state index in [-0.39, 0.29) is 5.91 Å². The molecule has 2 aromatic heterocycles. The predicted molar refractivity (Wildman–Crippen MR) is 81.4 cm³/mol. The van der Waals surface area contributed by atoms with Crippen molar-refractivity contribution < 1.29 is 4.79 Å². The molecular formula is C14H11ClN6O. The van der Waals surface area contributed by atoms with Crippen molar-refractivity contribution in [2.45, 2.75) is 0 Å². The molecule has 1 aromatic carbocycles. The fraction of sp³-hybridized carbons (Fsp3) is 0.0714. The molecule has 0 atom stereocenters. The Labute approximate surface area is 130 Å². The van der Waals surface area contributed by atoms with E-state index < -0.39 is 0 Å². The smallest absolute Gasteiger partial charge is 0.256 e. The monoisotopic (exact) mass is 314 g/mol. The van der Waals surface area contributed by atoms with Crippen molar-refractivity contribution in [1.29, 1.82) is 0 Å². The Morgan fingerprint density at radius 3 is 2.82 bits per heavy atom. The third-order valence-corrected chi connectivity index (χ3v) is 3.20. The molecule has 3 rings (SSSR count). The number of benzene rings is 1. The van der Waals surface area contributed by atoms with Crippen LogP contribution >= 0.6 is 11.6 Å². The fourth-order valence-corrected chi connectivity index (χ4v) is 2.02. The van der Waals surface area contributed by atoms with Gasteiger partial charge in [0.2, 0.25) is 0 Å². The maximum Gasteiger partial charge on any atom is 0.256 e. The summed E-state index contributed by atoms with van der Waals surface area (Å²) in [7, 11) is 1.74. The number of nitrogens with zero attached hydrogens (tertiary/aromatic N) is 5. The minimum atomic E-state index is -0.271. The van der Waals surface area contributed by atoms with Crippen LogP contribution in [-0.2, 0) is 7.05 Å². The quantitative estimate of drug-likeness (QED) is 0.800. The van der Waals surface area contributed by atoms with E-state index in [1.54, 1.807) is 37.4 Å². The zero-order chi connectivity index (χ0) is 15.5. The summed E-state index contributed by atoms with van der Waals surface area (Å²) in [5.74, 6) is 0.742. The summed E-state index contributed by atoms with van der Waals surface area (Å²) in [6.07, 6.45) is 1.47. The van der Waals surface area contributed by atoms with E-state index in [2.05, 4.69) is 25.8 Å². The molecule has 7 nitrogen and oxygen atoms in total. The molecule has 0 spiro atoms. The highest BCUT2D eigenvalue weighted by atomic mass is 35.5. The van der Waals surface area contributed by atoms with Crippen LogP contribution in [-0.4, -0.2) is 31.1 Å². The Balaban J connectivity index is 1.84. The number of tetrazole rings is 1. The Kier molecular flexibility index (Phi) is 3.80. The van der Waals surface area contributed by atoms with Crippen LogP contribution < -0.4 is 5.32 Å². The van der Waals surface area contributed by atoms with E-state index in [9.17, 15) is 4.79 Å². The third kappa shape index (κ3) is 2.94. The van der Waals surface area contributed by atoms with Crippen molar-refractivity contribution >= 4 is 23.3 Å². The molecule has 110 valence electrons. The molecule has 1 N–H and O–H groups in total. The lowest BCUT2D eigenvalue weighted by atomic mass is 10.1. The highest BCUT2D eigenvalue weighted by Crippen LogP contribution is 2.17. The van der Waals surface area contributed by atoms with Crippen molar-refractivity contribution in [3.63, 3.8) is 0 Å². The molecule has 0 bridgehead atoms. The first-order chi connectivity index (χ1) is 10.6. The van der Waals surface area contributed by atoms with Crippen LogP contribution in [0, 0.1) is 0 Å². The van der Waals surface area contributed by atoms with Gasteiger partial charge in [0.05, 0.1) is 5.02 Å². The Hall–Kier alpha value is -2.80. The lowest BCUT2D eigenvalue weighted by Crippen LogP contribution is -2.13. The molecule has 2 heterocycles. The van der Waals surface area contributed by atoms with Crippen LogP contribution in [0.5, 0.6) is 0 Å². The first-order valence-electron chi connectivity index (χ1n) is 6.39. The van der Waals surface area contributed by atoms with Crippen LogP contribution in [0.2, 0.25) is 5.02 Å². The van der Waals surface area contributed by atoms with Crippen molar-refractivity contribution in [2.24, 2.45) is 7.05 Å². The minimum Gasteiger partial charge on any atom is -0.307 e. The van der Waals surface area contributed by atoms with Gasteiger partial charge in [-0.1, -0.05) is 23.7 Å². The molecule has 0 unspecified atom stereocenters. The van der Waals surface area contributed by atoms with Gasteiger partial charge in [-0.2, -0.15) is 0 Å². The van der Waals surface area contributed by atoms with Gasteiger partial charge in [0, 0.05) is 24.4 Å². The second-order valence-electron chi connectivity index (χ2n) is 4.52. The summed E-state index contributed by atoms with van der Waals surface area (Å²) >= 11 is 5.76. The molecule has 0 aliphatic heterocycles. The molecule has 8 heteroatoms. The Morgan fingerprint density at radius 2 is 2.14 bits per heavy atom. The van der Waals surface area contributed by atoms with E-state index in [1.165, 1.54) is 10.9 Å². The lowest BCUT2D eigenvalue weighted by Gasteiger charge is -2.06. The van der Waals surface area contributed by atoms with Gasteiger partial charge in [0.25, 0.3) is 5.91 Å². The number of amides is 1. The molecule has 0 saturated carbocycles. The molecule has 0 radical (unpaired) electrons. The summed E-state index contributed by atoms with van der Waals surface area (Å²) < 4.78 is 1.54. The second kappa shape index (κ2) is 5.90. The third-order valence-electron chi connectivity index (χ3n) is 2.97. The molecule has 1 amide bonds. The lowest BCUT2D eigenvalue weighted by molar-refractivity contribution is 0.102. The van der Waals surface area contributed by atoms with Crippen LogP contribution in [0.4, 0.5) is 5.82 Å². The zero-order valence-electron chi connectivity index (χ0n) is 11.6. The second-order valence-corrected chi connectivity index (χ2v) is 4.96. The van der Waals surface area contributed by atoms with Gasteiger partial charge in [-0.25, -0.2) is 9.67 Å². The van der Waals surface area contributed by atoms with Gasteiger partial charge in [-0.3, -0.25) is 4.79 Å². The summed E-state index contributed by atoms with van der Waals surface area (Å²) in [6, 6.07) is 10.3. The van der Waals surface area contributed by atoms with Crippen LogP contribution in [0.3, 0.4) is 0 Å². The Bertz CT molecular complexity index is 814. The number of anilines is 1. The van der Waals surface area contributed by atoms with E-state index in [0.29, 0.717) is 22.2 Å². The van der Waals surface area contributed by atoms with Crippen molar-refractivity contribution in [3.05, 3.63) is 53.2 Å². The molecular weight excluding hydrogens is 304 g/mol. The predicted octanol–water partition coefficient (Wildman–Crippen LogP) is 2.18.